The number of piperazine rings is 1. The predicted octanol–water partition coefficient (Wildman–Crippen LogP) is 0.551. The highest BCUT2D eigenvalue weighted by Gasteiger charge is 2.35. The minimum Gasteiger partial charge on any atom is -0.480 e. The zero-order valence-corrected chi connectivity index (χ0v) is 11.2. The number of amides is 3. The summed E-state index contributed by atoms with van der Waals surface area (Å²) in [6.45, 7) is 1.05. The van der Waals surface area contributed by atoms with E-state index in [1.54, 1.807) is 6.92 Å². The second-order valence-corrected chi connectivity index (χ2v) is 4.68. The van der Waals surface area contributed by atoms with Crippen molar-refractivity contribution >= 4 is 23.6 Å². The fourth-order valence-electron chi connectivity index (χ4n) is 1.94. The summed E-state index contributed by atoms with van der Waals surface area (Å²) in [6, 6.07) is 2.20. The van der Waals surface area contributed by atoms with Crippen molar-refractivity contribution in [1.29, 1.82) is 0 Å². The minimum atomic E-state index is -1.22. The lowest BCUT2D eigenvalue weighted by Crippen LogP contribution is -2.60. The number of anilines is 1. The second-order valence-electron chi connectivity index (χ2n) is 4.68. The number of hydrogen-bond donors (Lipinski definition) is 3. The van der Waals surface area contributed by atoms with E-state index in [4.69, 9.17) is 5.11 Å². The van der Waals surface area contributed by atoms with E-state index in [0.717, 1.165) is 11.0 Å². The van der Waals surface area contributed by atoms with Crippen LogP contribution in [0.5, 0.6) is 0 Å². The summed E-state index contributed by atoms with van der Waals surface area (Å²) in [6.07, 6.45) is 0. The van der Waals surface area contributed by atoms with Crippen LogP contribution >= 0.6 is 0 Å². The SMILES string of the molecule is Cc1ccc(NC(=O)N2CC(=O)NCC2C(=O)O)cc1F. The maximum absolute atomic E-state index is 13.4. The molecule has 1 saturated heterocycles. The van der Waals surface area contributed by atoms with Crippen LogP contribution in [0.1, 0.15) is 5.56 Å². The third-order valence-corrected chi connectivity index (χ3v) is 3.15. The Morgan fingerprint density at radius 1 is 1.48 bits per heavy atom. The Morgan fingerprint density at radius 3 is 2.81 bits per heavy atom. The lowest BCUT2D eigenvalue weighted by atomic mass is 10.2. The normalized spacial score (nSPS) is 18.1. The van der Waals surface area contributed by atoms with Crippen LogP contribution in [0.2, 0.25) is 0 Å². The highest BCUT2D eigenvalue weighted by molar-refractivity contribution is 5.96. The summed E-state index contributed by atoms with van der Waals surface area (Å²) >= 11 is 0. The van der Waals surface area contributed by atoms with Crippen LogP contribution in [-0.2, 0) is 9.59 Å². The minimum absolute atomic E-state index is 0.163. The number of carbonyl (C=O) groups excluding carboxylic acids is 2. The molecule has 1 aliphatic heterocycles. The summed E-state index contributed by atoms with van der Waals surface area (Å²) in [7, 11) is 0. The van der Waals surface area contributed by atoms with Gasteiger partial charge in [-0.05, 0) is 24.6 Å². The molecule has 0 saturated carbocycles. The molecule has 0 spiro atoms. The molecule has 3 amide bonds. The third-order valence-electron chi connectivity index (χ3n) is 3.15. The van der Waals surface area contributed by atoms with Crippen molar-refractivity contribution in [1.82, 2.24) is 10.2 Å². The van der Waals surface area contributed by atoms with Crippen molar-refractivity contribution in [2.45, 2.75) is 13.0 Å². The van der Waals surface area contributed by atoms with E-state index < -0.39 is 29.8 Å². The molecule has 7 nitrogen and oxygen atoms in total. The van der Waals surface area contributed by atoms with Gasteiger partial charge in [0.25, 0.3) is 0 Å². The number of hydrogen-bond acceptors (Lipinski definition) is 3. The van der Waals surface area contributed by atoms with E-state index in [9.17, 15) is 18.8 Å². The van der Waals surface area contributed by atoms with Gasteiger partial charge in [-0.1, -0.05) is 6.07 Å². The average molecular weight is 295 g/mol. The molecular weight excluding hydrogens is 281 g/mol. The van der Waals surface area contributed by atoms with E-state index in [-0.39, 0.29) is 18.8 Å². The van der Waals surface area contributed by atoms with E-state index in [1.807, 2.05) is 0 Å². The van der Waals surface area contributed by atoms with Crippen LogP contribution < -0.4 is 10.6 Å². The van der Waals surface area contributed by atoms with E-state index in [2.05, 4.69) is 10.6 Å². The van der Waals surface area contributed by atoms with Gasteiger partial charge in [-0.2, -0.15) is 0 Å². The zero-order valence-electron chi connectivity index (χ0n) is 11.2. The monoisotopic (exact) mass is 295 g/mol. The van der Waals surface area contributed by atoms with E-state index in [0.29, 0.717) is 5.56 Å². The number of aryl methyl sites for hydroxylation is 1. The second kappa shape index (κ2) is 5.78. The molecule has 1 atom stereocenters. The molecule has 21 heavy (non-hydrogen) atoms. The van der Waals surface area contributed by atoms with Crippen molar-refractivity contribution in [3.63, 3.8) is 0 Å². The van der Waals surface area contributed by atoms with Crippen LogP contribution in [0.15, 0.2) is 18.2 Å². The number of nitrogens with zero attached hydrogens (tertiary/aromatic N) is 1. The molecule has 0 aliphatic carbocycles. The summed E-state index contributed by atoms with van der Waals surface area (Å²) in [5.74, 6) is -2.16. The molecule has 8 heteroatoms. The van der Waals surface area contributed by atoms with Gasteiger partial charge in [-0.15, -0.1) is 0 Å². The van der Waals surface area contributed by atoms with Gasteiger partial charge in [0.1, 0.15) is 18.4 Å². The van der Waals surface area contributed by atoms with Gasteiger partial charge in [0.2, 0.25) is 5.91 Å². The van der Waals surface area contributed by atoms with Gasteiger partial charge < -0.3 is 15.7 Å². The maximum atomic E-state index is 13.4. The average Bonchev–Trinajstić information content (AvgIpc) is 2.42. The number of carboxylic acids is 1. The summed E-state index contributed by atoms with van der Waals surface area (Å²) in [4.78, 5) is 35.4. The number of rotatable bonds is 2. The summed E-state index contributed by atoms with van der Waals surface area (Å²) < 4.78 is 13.4. The van der Waals surface area contributed by atoms with Gasteiger partial charge in [0.05, 0.1) is 0 Å². The van der Waals surface area contributed by atoms with Crippen LogP contribution in [0.25, 0.3) is 0 Å². The molecule has 2 rings (SSSR count). The molecular formula is C13H14FN3O4. The van der Waals surface area contributed by atoms with Gasteiger partial charge >= 0.3 is 12.0 Å². The smallest absolute Gasteiger partial charge is 0.328 e. The van der Waals surface area contributed by atoms with Gasteiger partial charge in [-0.25, -0.2) is 14.0 Å². The molecule has 1 fully saturated rings. The molecule has 1 unspecified atom stereocenters. The Kier molecular flexibility index (Phi) is 4.06. The maximum Gasteiger partial charge on any atom is 0.328 e. The van der Waals surface area contributed by atoms with Crippen molar-refractivity contribution in [2.24, 2.45) is 0 Å². The van der Waals surface area contributed by atoms with E-state index in [1.165, 1.54) is 12.1 Å². The first-order valence-electron chi connectivity index (χ1n) is 6.22. The molecule has 1 aromatic carbocycles. The van der Waals surface area contributed by atoms with Crippen LogP contribution in [0.3, 0.4) is 0 Å². The van der Waals surface area contributed by atoms with Gasteiger partial charge in [-0.3, -0.25) is 9.69 Å². The van der Waals surface area contributed by atoms with Gasteiger partial charge in [0, 0.05) is 12.2 Å². The number of halogens is 1. The number of benzene rings is 1. The lowest BCUT2D eigenvalue weighted by Gasteiger charge is -2.32. The number of nitrogens with one attached hydrogen (secondary N) is 2. The first-order valence-corrected chi connectivity index (χ1v) is 6.22. The molecule has 0 bridgehead atoms. The predicted molar refractivity (Wildman–Crippen MR) is 71.3 cm³/mol. The first kappa shape index (κ1) is 14.8. The number of urea groups is 1. The zero-order chi connectivity index (χ0) is 15.6. The van der Waals surface area contributed by atoms with Crippen molar-refractivity contribution < 1.29 is 23.9 Å². The van der Waals surface area contributed by atoms with Crippen molar-refractivity contribution in [3.05, 3.63) is 29.6 Å². The largest absolute Gasteiger partial charge is 0.480 e. The Bertz CT molecular complexity index is 605. The Morgan fingerprint density at radius 2 is 2.19 bits per heavy atom. The molecule has 1 aliphatic rings. The first-order chi connectivity index (χ1) is 9.88. The molecule has 112 valence electrons. The van der Waals surface area contributed by atoms with E-state index >= 15 is 0 Å². The molecule has 1 aromatic rings. The molecule has 3 N–H and O–H groups in total. The lowest BCUT2D eigenvalue weighted by molar-refractivity contribution is -0.144. The van der Waals surface area contributed by atoms with Crippen molar-refractivity contribution in [3.8, 4) is 0 Å². The highest BCUT2D eigenvalue weighted by atomic mass is 19.1. The Hall–Kier alpha value is -2.64. The number of carbonyl (C=O) groups is 3. The number of aliphatic carboxylic acids is 1. The standard InChI is InChI=1S/C13H14FN3O4/c1-7-2-3-8(4-9(7)14)16-13(21)17-6-11(18)15-5-10(17)12(19)20/h2-4,10H,5-6H2,1H3,(H,15,18)(H,16,21)(H,19,20). The van der Waals surface area contributed by atoms with Gasteiger partial charge in [0.15, 0.2) is 0 Å². The van der Waals surface area contributed by atoms with Crippen LogP contribution in [0.4, 0.5) is 14.9 Å². The Labute approximate surface area is 119 Å². The van der Waals surface area contributed by atoms with Crippen LogP contribution in [-0.4, -0.2) is 47.0 Å². The summed E-state index contributed by atoms with van der Waals surface area (Å²) in [5.41, 5.74) is 0.618. The molecule has 0 aromatic heterocycles. The fourth-order valence-corrected chi connectivity index (χ4v) is 1.94. The molecule has 1 heterocycles. The third kappa shape index (κ3) is 3.28. The number of carboxylic acid groups (broad SMARTS) is 1. The highest BCUT2D eigenvalue weighted by Crippen LogP contribution is 2.15. The quantitative estimate of drug-likeness (QED) is 0.742. The fraction of sp³-hybridized carbons (Fsp3) is 0.308. The van der Waals surface area contributed by atoms with Crippen molar-refractivity contribution in [2.75, 3.05) is 18.4 Å². The summed E-state index contributed by atoms with van der Waals surface area (Å²) in [5, 5.41) is 13.8. The Balaban J connectivity index is 2.14. The van der Waals surface area contributed by atoms with Crippen LogP contribution in [0, 0.1) is 12.7 Å². The molecule has 0 radical (unpaired) electrons. The topological polar surface area (TPSA) is 98.7 Å².